The third-order valence-corrected chi connectivity index (χ3v) is 10.6. The molecule has 20 heteroatoms. The minimum Gasteiger partial charge on any atom is -0.452 e. The van der Waals surface area contributed by atoms with Crippen molar-refractivity contribution in [2.24, 2.45) is 0 Å². The molecule has 0 saturated carbocycles. The van der Waals surface area contributed by atoms with Crippen LogP contribution in [0.5, 0.6) is 0 Å². The highest BCUT2D eigenvalue weighted by Gasteiger charge is 2.09. The van der Waals surface area contributed by atoms with E-state index in [1.807, 2.05) is 236 Å². The fraction of sp³-hybridized carbons (Fsp3) is 0.186. The van der Waals surface area contributed by atoms with Gasteiger partial charge in [0.2, 0.25) is 0 Å². The second-order valence-corrected chi connectivity index (χ2v) is 16.7. The summed E-state index contributed by atoms with van der Waals surface area (Å²) in [4.78, 5) is 67.6. The Morgan fingerprint density at radius 1 is 0.289 bits per heavy atom. The van der Waals surface area contributed by atoms with Gasteiger partial charge in [-0.3, -0.25) is 24.9 Å². The number of aromatic nitrogens is 19. The molecule has 0 atom stereocenters. The van der Waals surface area contributed by atoms with Gasteiger partial charge < -0.3 is 4.42 Å². The van der Waals surface area contributed by atoms with Gasteiger partial charge in [-0.25, -0.2) is 59.8 Å². The number of aryl methyl sites for hydroxylation is 5. The summed E-state index contributed by atoms with van der Waals surface area (Å²) in [5, 5.41) is 10.3. The van der Waals surface area contributed by atoms with Gasteiger partial charge in [0.05, 0.1) is 50.2 Å². The summed E-state index contributed by atoms with van der Waals surface area (Å²) in [7, 11) is 0. The molecule has 0 saturated heterocycles. The molecule has 15 aromatic rings. The van der Waals surface area contributed by atoms with Crippen LogP contribution in [0.2, 0.25) is 0 Å². The maximum absolute atomic E-state index is 5.66. The Kier molecular flexibility index (Phi) is 37.1. The molecule has 0 N–H and O–H groups in total. The molecule has 0 fully saturated rings. The quantitative estimate of drug-likeness (QED) is 0.137. The van der Waals surface area contributed by atoms with Gasteiger partial charge >= 0.3 is 0 Å². The van der Waals surface area contributed by atoms with Gasteiger partial charge in [0.25, 0.3) is 0 Å². The van der Waals surface area contributed by atoms with E-state index in [4.69, 9.17) is 4.42 Å². The number of rotatable bonds is 0. The molecule has 90 heavy (non-hydrogen) atoms. The minimum absolute atomic E-state index is 0.759. The van der Waals surface area contributed by atoms with Crippen LogP contribution in [0.1, 0.15) is 84.1 Å². The van der Waals surface area contributed by atoms with Gasteiger partial charge in [-0.05, 0) is 101 Å². The molecule has 10 heterocycles. The second-order valence-electron chi connectivity index (χ2n) is 16.7. The van der Waals surface area contributed by atoms with E-state index in [0.717, 1.165) is 94.7 Å². The molecule has 10 aromatic heterocycles. The zero-order valence-corrected chi connectivity index (χ0v) is 53.5. The first-order valence-electron chi connectivity index (χ1n) is 29.3. The highest BCUT2D eigenvalue weighted by Crippen LogP contribution is 2.27. The first-order chi connectivity index (χ1) is 44.3. The molecule has 0 aliphatic heterocycles. The van der Waals surface area contributed by atoms with Crippen molar-refractivity contribution < 1.29 is 4.42 Å². The Bertz CT molecular complexity index is 3810. The Labute approximate surface area is 527 Å². The van der Waals surface area contributed by atoms with E-state index in [1.165, 1.54) is 19.0 Å². The van der Waals surface area contributed by atoms with Gasteiger partial charge in [0, 0.05) is 90.5 Å². The summed E-state index contributed by atoms with van der Waals surface area (Å²) in [6, 6.07) is 44.9. The normalized spacial score (nSPS) is 9.17. The molecule has 20 nitrogen and oxygen atoms in total. The molecule has 0 unspecified atom stereocenters. The van der Waals surface area contributed by atoms with E-state index in [2.05, 4.69) is 94.9 Å². The highest BCUT2D eigenvalue weighted by atomic mass is 16.3. The predicted molar refractivity (Wildman–Crippen MR) is 362 cm³/mol. The van der Waals surface area contributed by atoms with E-state index in [1.54, 1.807) is 80.7 Å². The van der Waals surface area contributed by atoms with Crippen molar-refractivity contribution in [1.29, 1.82) is 0 Å². The molecule has 0 spiro atoms. The summed E-state index contributed by atoms with van der Waals surface area (Å²) in [5.41, 5.74) is 11.2. The van der Waals surface area contributed by atoms with Gasteiger partial charge in [-0.1, -0.05) is 128 Å². The first kappa shape index (κ1) is 72.8. The molecule has 5 aromatic carbocycles. The third-order valence-electron chi connectivity index (χ3n) is 10.6. The molecule has 0 radical (unpaired) electrons. The molecule has 0 bridgehead atoms. The van der Waals surface area contributed by atoms with Crippen LogP contribution in [0, 0.1) is 34.6 Å². The molecule has 460 valence electrons. The van der Waals surface area contributed by atoms with E-state index in [-0.39, 0.29) is 0 Å². The summed E-state index contributed by atoms with van der Waals surface area (Å²) >= 11 is 0. The third kappa shape index (κ3) is 27.7. The van der Waals surface area contributed by atoms with Gasteiger partial charge in [-0.15, -0.1) is 0 Å². The van der Waals surface area contributed by atoms with E-state index in [0.29, 0.717) is 0 Å². The topological polar surface area (TPSA) is 258 Å². The summed E-state index contributed by atoms with van der Waals surface area (Å²) in [6.07, 6.45) is 28.1. The minimum atomic E-state index is 0.759. The lowest BCUT2D eigenvalue weighted by molar-refractivity contribution is 0.661. The van der Waals surface area contributed by atoms with Crippen molar-refractivity contribution in [3.05, 3.63) is 274 Å². The lowest BCUT2D eigenvalue weighted by atomic mass is 10.2. The molecule has 15 rings (SSSR count). The summed E-state index contributed by atoms with van der Waals surface area (Å²) in [5.74, 6) is 1.58. The highest BCUT2D eigenvalue weighted by molar-refractivity contribution is 6.02. The smallest absolute Gasteiger partial charge is 0.175 e. The maximum atomic E-state index is 5.66. The molecular weight excluding hydrogens is 1120 g/mol. The summed E-state index contributed by atoms with van der Waals surface area (Å²) in [6.45, 7) is 25.5. The van der Waals surface area contributed by atoms with Crippen molar-refractivity contribution in [3.8, 4) is 0 Å². The van der Waals surface area contributed by atoms with Crippen LogP contribution in [0.3, 0.4) is 0 Å². The zero-order chi connectivity index (χ0) is 65.2. The van der Waals surface area contributed by atoms with Crippen molar-refractivity contribution in [2.45, 2.75) is 90.0 Å². The second kappa shape index (κ2) is 45.9. The van der Waals surface area contributed by atoms with E-state index in [9.17, 15) is 0 Å². The van der Waals surface area contributed by atoms with E-state index >= 15 is 0 Å². The monoisotopic (exact) mass is 1200 g/mol. The number of para-hydroxylation sites is 7. The van der Waals surface area contributed by atoms with Crippen LogP contribution >= 0.6 is 0 Å². The average molecular weight is 1200 g/mol. The predicted octanol–water partition coefficient (Wildman–Crippen LogP) is 15.8. The van der Waals surface area contributed by atoms with Crippen molar-refractivity contribution in [1.82, 2.24) is 94.9 Å². The number of nitrogens with zero attached hydrogens (tertiary/aromatic N) is 19. The molecule has 0 aliphatic carbocycles. The number of hydrogen-bond acceptors (Lipinski definition) is 20. The van der Waals surface area contributed by atoms with Crippen LogP contribution < -0.4 is 0 Å². The maximum Gasteiger partial charge on any atom is 0.175 e. The molecular formula is C70H79N19O. The van der Waals surface area contributed by atoms with Gasteiger partial charge in [-0.2, -0.15) is 10.2 Å². The van der Waals surface area contributed by atoms with Crippen molar-refractivity contribution >= 4 is 65.9 Å². The Balaban J connectivity index is 0.000000264. The summed E-state index contributed by atoms with van der Waals surface area (Å²) < 4.78 is 5.66. The SMILES string of the molecule is CC.CC.CC.CC.Cc1cnc2ccccc2n1.Cc1cnccn1.Cc1ncc2ccccc2n1.Cc1ncnc2c1oc1ccccc12.Cc1ncncn1.c1ccc2nccnc2c1.c1ccc2ncncc2c1.c1ccnnc1.c1cncnc1. The van der Waals surface area contributed by atoms with Crippen LogP contribution in [0.25, 0.3) is 65.9 Å². The largest absolute Gasteiger partial charge is 0.452 e. The van der Waals surface area contributed by atoms with Crippen molar-refractivity contribution in [2.75, 3.05) is 0 Å². The average Bonchev–Trinajstić information content (AvgIpc) is 1.89. The number of furan rings is 1. The standard InChI is InChI=1S/C11H8N2O.2C9H8N2.2C8H6N2.C5H6N2.C4H5N3.2C4H4N2.4C2H6/c1-7-11-10(13-6-12-7)8-4-2-3-5-9(8)14-11;1-7-10-6-8-4-2-3-5-9(8)11-7;1-7-6-10-8-4-2-3-5-9(8)11-7;1-2-4-8-7(3-1)5-9-6-10-8;1-2-4-8-7(3-1)9-5-6-10-8;1-5-4-6-2-3-7-5;1-4-6-2-5-3-7-4;1-2-5-4-6-3-1;1-2-4-6-5-3-1;4*1-2/h2-6H,1H3;2*2-6H,1H3;2*1-6H;2-4H,1H3;2-3H,1H3;2*1-4H;4*1-2H3. The number of fused-ring (bicyclic) bond motifs is 7. The zero-order valence-electron chi connectivity index (χ0n) is 53.5. The lowest BCUT2D eigenvalue weighted by Crippen LogP contribution is -1.86. The molecule has 0 aliphatic rings. The van der Waals surface area contributed by atoms with Gasteiger partial charge in [0.15, 0.2) is 5.58 Å². The number of benzene rings is 5. The van der Waals surface area contributed by atoms with Crippen LogP contribution in [-0.4, -0.2) is 94.9 Å². The fourth-order valence-corrected chi connectivity index (χ4v) is 6.76. The molecule has 0 amide bonds. The number of hydrogen-bond donors (Lipinski definition) is 0. The van der Waals surface area contributed by atoms with Crippen LogP contribution in [0.15, 0.2) is 250 Å². The lowest BCUT2D eigenvalue weighted by Gasteiger charge is -1.95. The Hall–Kier alpha value is -11.4. The fourth-order valence-electron chi connectivity index (χ4n) is 6.76. The van der Waals surface area contributed by atoms with E-state index < -0.39 is 0 Å². The van der Waals surface area contributed by atoms with Crippen molar-refractivity contribution in [3.63, 3.8) is 0 Å². The van der Waals surface area contributed by atoms with Crippen LogP contribution in [0.4, 0.5) is 0 Å². The Morgan fingerprint density at radius 2 is 0.822 bits per heavy atom. The Morgan fingerprint density at radius 3 is 1.33 bits per heavy atom. The van der Waals surface area contributed by atoms with Gasteiger partial charge in [0.1, 0.15) is 54.4 Å². The van der Waals surface area contributed by atoms with Crippen LogP contribution in [-0.2, 0) is 0 Å². The first-order valence-corrected chi connectivity index (χ1v) is 29.3.